The summed E-state index contributed by atoms with van der Waals surface area (Å²) in [7, 11) is 0. The van der Waals surface area contributed by atoms with Crippen LogP contribution in [0.25, 0.3) is 0 Å². The van der Waals surface area contributed by atoms with Gasteiger partial charge in [0.2, 0.25) is 0 Å². The molecule has 3 N–H and O–H groups in total. The van der Waals surface area contributed by atoms with Crippen molar-refractivity contribution in [1.29, 1.82) is 0 Å². The number of anilines is 2. The molecule has 0 saturated carbocycles. The lowest BCUT2D eigenvalue weighted by atomic mass is 10.0. The molecule has 3 rings (SSSR count). The third kappa shape index (κ3) is 3.31. The van der Waals surface area contributed by atoms with Crippen molar-refractivity contribution in [2.75, 3.05) is 17.2 Å². The molecule has 5 nitrogen and oxygen atoms in total. The number of rotatable bonds is 2. The Morgan fingerprint density at radius 3 is 2.86 bits per heavy atom. The number of hydrogen-bond acceptors (Lipinski definition) is 3. The van der Waals surface area contributed by atoms with E-state index >= 15 is 0 Å². The van der Waals surface area contributed by atoms with Crippen molar-refractivity contribution in [3.63, 3.8) is 0 Å². The maximum Gasteiger partial charge on any atom is 0.261 e. The van der Waals surface area contributed by atoms with Gasteiger partial charge in [0.15, 0.2) is 5.43 Å². The molecule has 0 unspecified atom stereocenters. The zero-order valence-corrected chi connectivity index (χ0v) is 13.0. The third-order valence-electron chi connectivity index (χ3n) is 3.60. The molecule has 116 valence electrons. The molecule has 22 heavy (non-hydrogen) atoms. The minimum Gasteiger partial charge on any atom is -0.385 e. The molecule has 2 aromatic rings. The molecule has 2 heterocycles. The fraction of sp³-hybridized carbons (Fsp3) is 0.250. The van der Waals surface area contributed by atoms with Gasteiger partial charge in [0.05, 0.1) is 0 Å². The van der Waals surface area contributed by atoms with E-state index in [0.717, 1.165) is 30.8 Å². The number of aryl methyl sites for hydroxylation is 2. The second kappa shape index (κ2) is 6.66. The summed E-state index contributed by atoms with van der Waals surface area (Å²) in [6.07, 6.45) is 3.53. The molecule has 1 amide bonds. The Bertz CT molecular complexity index is 755. The standard InChI is InChI=1S/C16H17N3O2.ClH/c1-10-7-15(20)13(9-18-10)16(21)19-12-4-5-14-11(8-12)3-2-6-17-14;/h4-5,7-9,17H,2-3,6H2,1H3,(H,18,20)(H,19,21);1H. The predicted molar refractivity (Wildman–Crippen MR) is 90.3 cm³/mol. The molecule has 0 fully saturated rings. The molecule has 1 aromatic heterocycles. The molecular formula is C16H18ClN3O2. The number of halogens is 1. The molecule has 1 aromatic carbocycles. The second-order valence-corrected chi connectivity index (χ2v) is 5.25. The Kier molecular flexibility index (Phi) is 4.88. The van der Waals surface area contributed by atoms with E-state index in [9.17, 15) is 9.59 Å². The highest BCUT2D eigenvalue weighted by atomic mass is 35.5. The molecule has 1 aliphatic heterocycles. The lowest BCUT2D eigenvalue weighted by Gasteiger charge is -2.18. The number of amides is 1. The van der Waals surface area contributed by atoms with Gasteiger partial charge in [-0.1, -0.05) is 0 Å². The fourth-order valence-corrected chi connectivity index (χ4v) is 2.50. The summed E-state index contributed by atoms with van der Waals surface area (Å²) in [4.78, 5) is 26.9. The minimum absolute atomic E-state index is 0. The van der Waals surface area contributed by atoms with E-state index in [1.165, 1.54) is 17.8 Å². The number of aromatic nitrogens is 1. The van der Waals surface area contributed by atoms with E-state index in [4.69, 9.17) is 0 Å². The van der Waals surface area contributed by atoms with Crippen molar-refractivity contribution < 1.29 is 4.79 Å². The molecule has 0 spiro atoms. The first kappa shape index (κ1) is 16.1. The van der Waals surface area contributed by atoms with E-state index in [1.807, 2.05) is 18.2 Å². The molecule has 0 aliphatic carbocycles. The van der Waals surface area contributed by atoms with Gasteiger partial charge in [-0.15, -0.1) is 12.4 Å². The number of aromatic amines is 1. The molecule has 0 saturated heterocycles. The van der Waals surface area contributed by atoms with Crippen LogP contribution in [0.3, 0.4) is 0 Å². The van der Waals surface area contributed by atoms with E-state index in [1.54, 1.807) is 6.92 Å². The van der Waals surface area contributed by atoms with Crippen LogP contribution in [-0.2, 0) is 6.42 Å². The number of hydrogen-bond donors (Lipinski definition) is 3. The summed E-state index contributed by atoms with van der Waals surface area (Å²) >= 11 is 0. The first-order valence-corrected chi connectivity index (χ1v) is 7.01. The van der Waals surface area contributed by atoms with Crippen molar-refractivity contribution >= 4 is 29.7 Å². The molecule has 0 atom stereocenters. The zero-order valence-electron chi connectivity index (χ0n) is 12.2. The summed E-state index contributed by atoms with van der Waals surface area (Å²) in [5, 5.41) is 6.10. The van der Waals surface area contributed by atoms with Gasteiger partial charge < -0.3 is 15.6 Å². The smallest absolute Gasteiger partial charge is 0.261 e. The van der Waals surface area contributed by atoms with Crippen LogP contribution >= 0.6 is 12.4 Å². The Morgan fingerprint density at radius 2 is 2.09 bits per heavy atom. The summed E-state index contributed by atoms with van der Waals surface area (Å²) in [5.41, 5.74) is 3.60. The zero-order chi connectivity index (χ0) is 14.8. The first-order valence-electron chi connectivity index (χ1n) is 7.01. The van der Waals surface area contributed by atoms with Crippen LogP contribution in [-0.4, -0.2) is 17.4 Å². The lowest BCUT2D eigenvalue weighted by Crippen LogP contribution is -2.21. The normalized spacial score (nSPS) is 12.6. The lowest BCUT2D eigenvalue weighted by molar-refractivity contribution is 0.102. The highest BCUT2D eigenvalue weighted by molar-refractivity contribution is 6.04. The average Bonchev–Trinajstić information content (AvgIpc) is 2.47. The van der Waals surface area contributed by atoms with E-state index in [-0.39, 0.29) is 29.3 Å². The number of carbonyl (C=O) groups is 1. The van der Waals surface area contributed by atoms with E-state index < -0.39 is 0 Å². The van der Waals surface area contributed by atoms with Gasteiger partial charge in [0, 0.05) is 35.9 Å². The van der Waals surface area contributed by atoms with Gasteiger partial charge in [-0.2, -0.15) is 0 Å². The monoisotopic (exact) mass is 319 g/mol. The Morgan fingerprint density at radius 1 is 1.27 bits per heavy atom. The number of H-pyrrole nitrogens is 1. The van der Waals surface area contributed by atoms with Crippen LogP contribution in [0.15, 0.2) is 35.3 Å². The molecular weight excluding hydrogens is 302 g/mol. The first-order chi connectivity index (χ1) is 10.1. The van der Waals surface area contributed by atoms with Gasteiger partial charge in [-0.25, -0.2) is 0 Å². The maximum atomic E-state index is 12.2. The van der Waals surface area contributed by atoms with Crippen molar-refractivity contribution in [3.8, 4) is 0 Å². The van der Waals surface area contributed by atoms with Gasteiger partial charge >= 0.3 is 0 Å². The molecule has 0 bridgehead atoms. The molecule has 1 aliphatic rings. The van der Waals surface area contributed by atoms with Crippen LogP contribution in [0.5, 0.6) is 0 Å². The number of fused-ring (bicyclic) bond motifs is 1. The van der Waals surface area contributed by atoms with Crippen molar-refractivity contribution in [2.45, 2.75) is 19.8 Å². The number of pyridine rings is 1. The summed E-state index contributed by atoms with van der Waals surface area (Å²) in [6, 6.07) is 7.19. The number of nitrogens with one attached hydrogen (secondary N) is 3. The van der Waals surface area contributed by atoms with Gasteiger partial charge in [0.25, 0.3) is 5.91 Å². The number of carbonyl (C=O) groups excluding carboxylic acids is 1. The third-order valence-corrected chi connectivity index (χ3v) is 3.60. The van der Waals surface area contributed by atoms with Crippen molar-refractivity contribution in [2.24, 2.45) is 0 Å². The van der Waals surface area contributed by atoms with Gasteiger partial charge in [-0.05, 0) is 43.5 Å². The van der Waals surface area contributed by atoms with Crippen molar-refractivity contribution in [1.82, 2.24) is 4.98 Å². The van der Waals surface area contributed by atoms with Gasteiger partial charge in [-0.3, -0.25) is 9.59 Å². The van der Waals surface area contributed by atoms with E-state index in [2.05, 4.69) is 15.6 Å². The highest BCUT2D eigenvalue weighted by Crippen LogP contribution is 2.25. The molecule has 0 radical (unpaired) electrons. The van der Waals surface area contributed by atoms with E-state index in [0.29, 0.717) is 5.69 Å². The SMILES string of the molecule is Cc1cc(=O)c(C(=O)Nc2ccc3c(c2)CCCN3)c[nH]1.Cl. The Balaban J connectivity index is 0.00000176. The highest BCUT2D eigenvalue weighted by Gasteiger charge is 2.13. The topological polar surface area (TPSA) is 74.0 Å². The Hall–Kier alpha value is -2.27. The van der Waals surface area contributed by atoms with Crippen LogP contribution < -0.4 is 16.1 Å². The van der Waals surface area contributed by atoms with Gasteiger partial charge in [0.1, 0.15) is 5.56 Å². The minimum atomic E-state index is -0.389. The van der Waals surface area contributed by atoms with Crippen LogP contribution in [0.1, 0.15) is 28.0 Å². The summed E-state index contributed by atoms with van der Waals surface area (Å²) in [5.74, 6) is -0.389. The van der Waals surface area contributed by atoms with Crippen LogP contribution in [0.2, 0.25) is 0 Å². The number of benzene rings is 1. The van der Waals surface area contributed by atoms with Crippen molar-refractivity contribution in [3.05, 3.63) is 57.5 Å². The summed E-state index contributed by atoms with van der Waals surface area (Å²) < 4.78 is 0. The largest absolute Gasteiger partial charge is 0.385 e. The quantitative estimate of drug-likeness (QED) is 0.796. The molecule has 6 heteroatoms. The maximum absolute atomic E-state index is 12.2. The second-order valence-electron chi connectivity index (χ2n) is 5.25. The van der Waals surface area contributed by atoms with Crippen LogP contribution in [0, 0.1) is 6.92 Å². The van der Waals surface area contributed by atoms with Crippen LogP contribution in [0.4, 0.5) is 11.4 Å². The Labute approximate surface area is 134 Å². The summed E-state index contributed by atoms with van der Waals surface area (Å²) in [6.45, 7) is 2.76. The average molecular weight is 320 g/mol. The fourth-order valence-electron chi connectivity index (χ4n) is 2.50. The predicted octanol–water partition coefficient (Wildman–Crippen LogP) is 2.72.